The van der Waals surface area contributed by atoms with E-state index in [2.05, 4.69) is 0 Å². The van der Waals surface area contributed by atoms with Crippen LogP contribution in [-0.4, -0.2) is 0 Å². The Bertz CT molecular complexity index is 826. The number of thiophene rings is 1. The van der Waals surface area contributed by atoms with Gasteiger partial charge < -0.3 is 5.73 Å². The molecule has 3 rings (SSSR count). The van der Waals surface area contributed by atoms with E-state index in [1.807, 2.05) is 36.6 Å². The molecule has 5 heteroatoms. The predicted molar refractivity (Wildman–Crippen MR) is 88.9 cm³/mol. The Balaban J connectivity index is 2.25. The van der Waals surface area contributed by atoms with Crippen molar-refractivity contribution in [3.05, 3.63) is 68.8 Å². The van der Waals surface area contributed by atoms with Gasteiger partial charge in [-0.15, -0.1) is 11.3 Å². The lowest BCUT2D eigenvalue weighted by Crippen LogP contribution is -2.34. The molecule has 0 aliphatic rings. The normalized spacial score (nSPS) is 14.3. The van der Waals surface area contributed by atoms with Crippen molar-refractivity contribution in [1.82, 2.24) is 0 Å². The third-order valence-corrected chi connectivity index (χ3v) is 5.17. The van der Waals surface area contributed by atoms with Crippen LogP contribution in [0, 0.1) is 5.82 Å². The van der Waals surface area contributed by atoms with E-state index in [-0.39, 0.29) is 5.02 Å². The summed E-state index contributed by atoms with van der Waals surface area (Å²) in [7, 11) is 0. The van der Waals surface area contributed by atoms with Crippen LogP contribution < -0.4 is 5.73 Å². The molecule has 1 nitrogen and oxygen atoms in total. The fourth-order valence-electron chi connectivity index (χ4n) is 2.47. The van der Waals surface area contributed by atoms with Crippen LogP contribution in [0.3, 0.4) is 0 Å². The summed E-state index contributed by atoms with van der Waals surface area (Å²) in [5, 5.41) is 3.47. The average molecular weight is 340 g/mol. The number of nitrogens with two attached hydrogens (primary N) is 1. The van der Waals surface area contributed by atoms with Gasteiger partial charge in [-0.3, -0.25) is 0 Å². The topological polar surface area (TPSA) is 26.0 Å². The fraction of sp³-hybridized carbons (Fsp3) is 0.125. The molecule has 1 atom stereocenters. The summed E-state index contributed by atoms with van der Waals surface area (Å²) in [4.78, 5) is 0. The molecule has 0 aliphatic carbocycles. The quantitative estimate of drug-likeness (QED) is 0.607. The highest BCUT2D eigenvalue weighted by atomic mass is 35.5. The van der Waals surface area contributed by atoms with Crippen molar-refractivity contribution >= 4 is 44.6 Å². The monoisotopic (exact) mass is 339 g/mol. The molecule has 0 bridgehead atoms. The molecule has 0 spiro atoms. The number of fused-ring (bicyclic) bond motifs is 1. The summed E-state index contributed by atoms with van der Waals surface area (Å²) >= 11 is 13.6. The maximum Gasteiger partial charge on any atom is 0.142 e. The average Bonchev–Trinajstić information content (AvgIpc) is 2.90. The van der Waals surface area contributed by atoms with Gasteiger partial charge in [-0.05, 0) is 47.0 Å². The summed E-state index contributed by atoms with van der Waals surface area (Å²) in [5.74, 6) is -0.522. The third kappa shape index (κ3) is 2.44. The van der Waals surface area contributed by atoms with Crippen molar-refractivity contribution in [1.29, 1.82) is 0 Å². The number of halogens is 3. The largest absolute Gasteiger partial charge is 0.318 e. The number of rotatable bonds is 2. The van der Waals surface area contributed by atoms with Gasteiger partial charge in [0, 0.05) is 9.72 Å². The summed E-state index contributed by atoms with van der Waals surface area (Å²) in [6, 6.07) is 10.7. The third-order valence-electron chi connectivity index (χ3n) is 3.61. The van der Waals surface area contributed by atoms with Crippen LogP contribution in [0.15, 0.2) is 41.8 Å². The molecule has 0 saturated heterocycles. The van der Waals surface area contributed by atoms with Gasteiger partial charge in [0.2, 0.25) is 0 Å². The predicted octanol–water partition coefficient (Wildman–Crippen LogP) is 5.57. The lowest BCUT2D eigenvalue weighted by atomic mass is 9.85. The van der Waals surface area contributed by atoms with Crippen LogP contribution in [0.5, 0.6) is 0 Å². The fourth-order valence-corrected chi connectivity index (χ4v) is 4.08. The van der Waals surface area contributed by atoms with E-state index in [0.717, 1.165) is 15.6 Å². The van der Waals surface area contributed by atoms with E-state index in [0.29, 0.717) is 10.6 Å². The lowest BCUT2D eigenvalue weighted by Gasteiger charge is -2.28. The van der Waals surface area contributed by atoms with Gasteiger partial charge >= 0.3 is 0 Å². The molecular weight excluding hydrogens is 328 g/mol. The van der Waals surface area contributed by atoms with Crippen molar-refractivity contribution in [2.45, 2.75) is 12.5 Å². The molecule has 2 aromatic carbocycles. The molecule has 1 unspecified atom stereocenters. The standard InChI is InChI=1S/C16H12Cl2FNS/c1-16(20,11-7-14(19)13(18)8-12(11)17)10-4-2-3-9-5-6-21-15(9)10/h2-8H,20H2,1H3. The molecule has 0 radical (unpaired) electrons. The lowest BCUT2D eigenvalue weighted by molar-refractivity contribution is 0.586. The van der Waals surface area contributed by atoms with Gasteiger partial charge in [0.25, 0.3) is 0 Å². The van der Waals surface area contributed by atoms with Crippen LogP contribution >= 0.6 is 34.5 Å². The Kier molecular flexibility index (Phi) is 3.70. The number of hydrogen-bond acceptors (Lipinski definition) is 2. The molecular formula is C16H12Cl2FNS. The zero-order valence-electron chi connectivity index (χ0n) is 11.2. The van der Waals surface area contributed by atoms with Crippen LogP contribution in [0.25, 0.3) is 10.1 Å². The van der Waals surface area contributed by atoms with Crippen molar-refractivity contribution in [3.8, 4) is 0 Å². The Morgan fingerprint density at radius 3 is 2.62 bits per heavy atom. The maximum atomic E-state index is 13.8. The Morgan fingerprint density at radius 1 is 1.10 bits per heavy atom. The first-order valence-electron chi connectivity index (χ1n) is 6.32. The van der Waals surface area contributed by atoms with E-state index < -0.39 is 11.4 Å². The van der Waals surface area contributed by atoms with Crippen molar-refractivity contribution in [2.24, 2.45) is 5.73 Å². The zero-order valence-corrected chi connectivity index (χ0v) is 13.5. The van der Waals surface area contributed by atoms with Gasteiger partial charge in [-0.1, -0.05) is 41.4 Å². The summed E-state index contributed by atoms with van der Waals surface area (Å²) in [6.07, 6.45) is 0. The Morgan fingerprint density at radius 2 is 1.86 bits per heavy atom. The Labute approximate surface area is 136 Å². The molecule has 108 valence electrons. The highest BCUT2D eigenvalue weighted by Crippen LogP contribution is 2.39. The van der Waals surface area contributed by atoms with E-state index in [1.165, 1.54) is 12.1 Å². The van der Waals surface area contributed by atoms with Crippen molar-refractivity contribution < 1.29 is 4.39 Å². The minimum Gasteiger partial charge on any atom is -0.318 e. The highest BCUT2D eigenvalue weighted by Gasteiger charge is 2.29. The molecule has 0 aliphatic heterocycles. The van der Waals surface area contributed by atoms with E-state index in [1.54, 1.807) is 11.3 Å². The molecule has 3 aromatic rings. The van der Waals surface area contributed by atoms with Crippen LogP contribution in [0.2, 0.25) is 10.0 Å². The maximum absolute atomic E-state index is 13.8. The minimum absolute atomic E-state index is 0.00566. The molecule has 2 N–H and O–H groups in total. The molecule has 1 aromatic heterocycles. The minimum atomic E-state index is -0.910. The Hall–Kier alpha value is -1.13. The second-order valence-electron chi connectivity index (χ2n) is 5.09. The van der Waals surface area contributed by atoms with Gasteiger partial charge in [-0.25, -0.2) is 4.39 Å². The van der Waals surface area contributed by atoms with Crippen LogP contribution in [-0.2, 0) is 5.54 Å². The molecule has 0 fully saturated rings. The summed E-state index contributed by atoms with van der Waals surface area (Å²) in [5.41, 5.74) is 7.04. The van der Waals surface area contributed by atoms with Gasteiger partial charge in [0.1, 0.15) is 5.82 Å². The van der Waals surface area contributed by atoms with Crippen molar-refractivity contribution in [2.75, 3.05) is 0 Å². The smallest absolute Gasteiger partial charge is 0.142 e. The second-order valence-corrected chi connectivity index (χ2v) is 6.82. The van der Waals surface area contributed by atoms with Gasteiger partial charge in [0.05, 0.1) is 10.6 Å². The first-order chi connectivity index (χ1) is 9.91. The van der Waals surface area contributed by atoms with E-state index in [4.69, 9.17) is 28.9 Å². The van der Waals surface area contributed by atoms with Gasteiger partial charge in [0.15, 0.2) is 0 Å². The second kappa shape index (κ2) is 5.25. The first-order valence-corrected chi connectivity index (χ1v) is 7.95. The molecule has 0 saturated carbocycles. The van der Waals surface area contributed by atoms with E-state index >= 15 is 0 Å². The molecule has 0 amide bonds. The SMILES string of the molecule is CC(N)(c1cc(F)c(Cl)cc1Cl)c1cccc2ccsc12. The molecule has 21 heavy (non-hydrogen) atoms. The van der Waals surface area contributed by atoms with Crippen LogP contribution in [0.4, 0.5) is 4.39 Å². The summed E-state index contributed by atoms with van der Waals surface area (Å²) in [6.45, 7) is 1.83. The van der Waals surface area contributed by atoms with Gasteiger partial charge in [-0.2, -0.15) is 0 Å². The van der Waals surface area contributed by atoms with Crippen LogP contribution in [0.1, 0.15) is 18.1 Å². The van der Waals surface area contributed by atoms with Crippen molar-refractivity contribution in [3.63, 3.8) is 0 Å². The molecule has 1 heterocycles. The van der Waals surface area contributed by atoms with E-state index in [9.17, 15) is 4.39 Å². The first kappa shape index (κ1) is 14.8. The zero-order chi connectivity index (χ0) is 15.2. The number of hydrogen-bond donors (Lipinski definition) is 1. The highest BCUT2D eigenvalue weighted by molar-refractivity contribution is 7.17. The number of benzene rings is 2. The summed E-state index contributed by atoms with van der Waals surface area (Å²) < 4.78 is 14.9.